The van der Waals surface area contributed by atoms with Gasteiger partial charge >= 0.3 is 0 Å². The van der Waals surface area contributed by atoms with Gasteiger partial charge in [-0.3, -0.25) is 0 Å². The second-order valence-electron chi connectivity index (χ2n) is 7.61. The van der Waals surface area contributed by atoms with Crippen LogP contribution in [0, 0.1) is 6.92 Å². The Hall–Kier alpha value is -3.33. The number of hydrogen-bond donors (Lipinski definition) is 1. The van der Waals surface area contributed by atoms with E-state index in [0.29, 0.717) is 25.6 Å². The van der Waals surface area contributed by atoms with Crippen LogP contribution in [0.15, 0.2) is 64.5 Å². The summed E-state index contributed by atoms with van der Waals surface area (Å²) < 4.78 is 31.7. The van der Waals surface area contributed by atoms with Gasteiger partial charge in [0.25, 0.3) is 0 Å². The molecule has 1 fully saturated rings. The monoisotopic (exact) mass is 453 g/mol. The molecule has 2 N–H and O–H groups in total. The highest BCUT2D eigenvalue weighted by Crippen LogP contribution is 2.30. The largest absolute Gasteiger partial charge is 0.492 e. The first-order valence-electron chi connectivity index (χ1n) is 10.6. The third kappa shape index (κ3) is 4.34. The smallest absolute Gasteiger partial charge is 0.227 e. The van der Waals surface area contributed by atoms with Crippen molar-refractivity contribution in [3.8, 4) is 5.75 Å². The Balaban J connectivity index is 1.50. The van der Waals surface area contributed by atoms with Crippen molar-refractivity contribution in [1.29, 1.82) is 0 Å². The van der Waals surface area contributed by atoms with Gasteiger partial charge in [0.2, 0.25) is 15.8 Å². The SMILES string of the molecule is CCOc1ccccc1N1CCN(c2ncc(S(=O)(=O)c3cccc(C)c3)c(N)n2)CC1. The highest BCUT2D eigenvalue weighted by atomic mass is 32.2. The molecule has 0 saturated carbocycles. The molecule has 3 aromatic rings. The van der Waals surface area contributed by atoms with Crippen LogP contribution in [-0.4, -0.2) is 51.2 Å². The maximum Gasteiger partial charge on any atom is 0.227 e. The van der Waals surface area contributed by atoms with Crippen LogP contribution in [0.5, 0.6) is 5.75 Å². The number of rotatable bonds is 6. The fraction of sp³-hybridized carbons (Fsp3) is 0.304. The van der Waals surface area contributed by atoms with E-state index in [-0.39, 0.29) is 15.6 Å². The Bertz CT molecular complexity index is 1210. The van der Waals surface area contributed by atoms with Crippen LogP contribution in [0.4, 0.5) is 17.5 Å². The van der Waals surface area contributed by atoms with Crippen molar-refractivity contribution in [2.24, 2.45) is 0 Å². The first-order valence-corrected chi connectivity index (χ1v) is 12.0. The van der Waals surface area contributed by atoms with E-state index in [1.165, 1.54) is 6.20 Å². The molecule has 0 aliphatic carbocycles. The number of piperazine rings is 1. The van der Waals surface area contributed by atoms with E-state index in [2.05, 4.69) is 20.9 Å². The summed E-state index contributed by atoms with van der Waals surface area (Å²) in [5.41, 5.74) is 7.99. The van der Waals surface area contributed by atoms with Crippen LogP contribution in [-0.2, 0) is 9.84 Å². The van der Waals surface area contributed by atoms with Crippen LogP contribution in [0.25, 0.3) is 0 Å². The summed E-state index contributed by atoms with van der Waals surface area (Å²) in [5, 5.41) is 0. The number of benzene rings is 2. The highest BCUT2D eigenvalue weighted by molar-refractivity contribution is 7.91. The Labute approximate surface area is 188 Å². The number of aryl methyl sites for hydroxylation is 1. The van der Waals surface area contributed by atoms with E-state index in [1.54, 1.807) is 18.2 Å². The number of nitrogen functional groups attached to an aromatic ring is 1. The average molecular weight is 454 g/mol. The van der Waals surface area contributed by atoms with Gasteiger partial charge in [-0.25, -0.2) is 13.4 Å². The maximum absolute atomic E-state index is 13.0. The third-order valence-corrected chi connectivity index (χ3v) is 7.20. The summed E-state index contributed by atoms with van der Waals surface area (Å²) in [6, 6.07) is 14.7. The molecule has 9 heteroatoms. The van der Waals surface area contributed by atoms with Crippen LogP contribution in [0.3, 0.4) is 0 Å². The molecule has 0 atom stereocenters. The lowest BCUT2D eigenvalue weighted by molar-refractivity contribution is 0.340. The molecule has 4 rings (SSSR count). The van der Waals surface area contributed by atoms with Crippen LogP contribution < -0.4 is 20.3 Å². The average Bonchev–Trinajstić information content (AvgIpc) is 2.79. The Morgan fingerprint density at radius 3 is 2.44 bits per heavy atom. The fourth-order valence-corrected chi connectivity index (χ4v) is 5.15. The summed E-state index contributed by atoms with van der Waals surface area (Å²) in [4.78, 5) is 13.0. The first-order chi connectivity index (χ1) is 15.4. The third-order valence-electron chi connectivity index (χ3n) is 5.43. The number of aromatic nitrogens is 2. The molecule has 8 nitrogen and oxygen atoms in total. The van der Waals surface area contributed by atoms with Crippen LogP contribution in [0.2, 0.25) is 0 Å². The lowest BCUT2D eigenvalue weighted by Gasteiger charge is -2.36. The molecule has 1 aliphatic heterocycles. The van der Waals surface area contributed by atoms with Gasteiger partial charge in [0, 0.05) is 26.2 Å². The Morgan fingerprint density at radius 1 is 1.03 bits per heavy atom. The van der Waals surface area contributed by atoms with Crippen molar-refractivity contribution < 1.29 is 13.2 Å². The summed E-state index contributed by atoms with van der Waals surface area (Å²) in [6.07, 6.45) is 1.31. The fourth-order valence-electron chi connectivity index (χ4n) is 3.79. The van der Waals surface area contributed by atoms with Crippen molar-refractivity contribution in [2.45, 2.75) is 23.6 Å². The summed E-state index contributed by atoms with van der Waals surface area (Å²) >= 11 is 0. The van der Waals surface area contributed by atoms with E-state index in [1.807, 2.05) is 43.0 Å². The molecule has 168 valence electrons. The molecule has 0 unspecified atom stereocenters. The minimum absolute atomic E-state index is 0.0411. The van der Waals surface area contributed by atoms with Gasteiger partial charge in [0.1, 0.15) is 16.5 Å². The molecule has 1 aliphatic rings. The van der Waals surface area contributed by atoms with Gasteiger partial charge in [0.15, 0.2) is 0 Å². The van der Waals surface area contributed by atoms with Crippen molar-refractivity contribution in [1.82, 2.24) is 9.97 Å². The van der Waals surface area contributed by atoms with E-state index in [0.717, 1.165) is 30.1 Å². The van der Waals surface area contributed by atoms with Gasteiger partial charge < -0.3 is 20.3 Å². The van der Waals surface area contributed by atoms with E-state index in [4.69, 9.17) is 10.5 Å². The maximum atomic E-state index is 13.0. The van der Waals surface area contributed by atoms with E-state index >= 15 is 0 Å². The van der Waals surface area contributed by atoms with Crippen LogP contribution in [0.1, 0.15) is 12.5 Å². The molecule has 0 spiro atoms. The molecule has 32 heavy (non-hydrogen) atoms. The topological polar surface area (TPSA) is 102 Å². The first kappa shape index (κ1) is 21.9. The van der Waals surface area contributed by atoms with E-state index in [9.17, 15) is 8.42 Å². The van der Waals surface area contributed by atoms with Gasteiger partial charge in [-0.05, 0) is 43.7 Å². The standard InChI is InChI=1S/C23H27N5O3S/c1-3-31-20-10-5-4-9-19(20)27-11-13-28(14-12-27)23-25-16-21(22(24)26-23)32(29,30)18-8-6-7-17(2)15-18/h4-10,15-16H,3,11-14H2,1-2H3,(H2,24,25,26). The Morgan fingerprint density at radius 2 is 1.75 bits per heavy atom. The van der Waals surface area contributed by atoms with Gasteiger partial charge in [-0.1, -0.05) is 24.3 Å². The number of nitrogens with zero attached hydrogens (tertiary/aromatic N) is 4. The minimum atomic E-state index is -3.79. The van der Waals surface area contributed by atoms with Crippen molar-refractivity contribution in [3.05, 3.63) is 60.3 Å². The lowest BCUT2D eigenvalue weighted by atomic mass is 10.2. The predicted molar refractivity (Wildman–Crippen MR) is 125 cm³/mol. The summed E-state index contributed by atoms with van der Waals surface area (Å²) in [6.45, 7) is 7.32. The number of hydrogen-bond acceptors (Lipinski definition) is 8. The number of ether oxygens (including phenoxy) is 1. The molecule has 1 saturated heterocycles. The number of sulfone groups is 1. The van der Waals surface area contributed by atoms with Crippen LogP contribution >= 0.6 is 0 Å². The summed E-state index contributed by atoms with van der Waals surface area (Å²) in [7, 11) is -3.79. The minimum Gasteiger partial charge on any atom is -0.492 e. The van der Waals surface area contributed by atoms with Gasteiger partial charge in [0.05, 0.1) is 23.4 Å². The zero-order valence-corrected chi connectivity index (χ0v) is 19.0. The number of para-hydroxylation sites is 2. The lowest BCUT2D eigenvalue weighted by Crippen LogP contribution is -2.47. The molecule has 2 heterocycles. The predicted octanol–water partition coefficient (Wildman–Crippen LogP) is 2.93. The van der Waals surface area contributed by atoms with Crippen molar-refractivity contribution in [3.63, 3.8) is 0 Å². The zero-order valence-electron chi connectivity index (χ0n) is 18.2. The molecular formula is C23H27N5O3S. The zero-order chi connectivity index (χ0) is 22.7. The van der Waals surface area contributed by atoms with Gasteiger partial charge in [-0.2, -0.15) is 4.98 Å². The van der Waals surface area contributed by atoms with Gasteiger partial charge in [-0.15, -0.1) is 0 Å². The molecule has 0 radical (unpaired) electrons. The normalized spacial score (nSPS) is 14.4. The summed E-state index contributed by atoms with van der Waals surface area (Å²) in [5.74, 6) is 1.26. The van der Waals surface area contributed by atoms with Crippen molar-refractivity contribution in [2.75, 3.05) is 48.3 Å². The molecule has 0 bridgehead atoms. The second-order valence-corrected chi connectivity index (χ2v) is 9.53. The Kier molecular flexibility index (Phi) is 6.18. The molecule has 1 aromatic heterocycles. The molecule has 0 amide bonds. The molecular weight excluding hydrogens is 426 g/mol. The second kappa shape index (κ2) is 9.04. The highest BCUT2D eigenvalue weighted by Gasteiger charge is 2.25. The van der Waals surface area contributed by atoms with E-state index < -0.39 is 9.84 Å². The van der Waals surface area contributed by atoms with Crippen molar-refractivity contribution >= 4 is 27.3 Å². The molecule has 2 aromatic carbocycles. The quantitative estimate of drug-likeness (QED) is 0.608. The number of nitrogens with two attached hydrogens (primary N) is 1. The number of anilines is 3.